The zero-order chi connectivity index (χ0) is 13.3. The Morgan fingerprint density at radius 3 is 2.67 bits per heavy atom. The number of amides is 1. The number of hydrogen-bond donors (Lipinski definition) is 2. The van der Waals surface area contributed by atoms with Gasteiger partial charge in [0, 0.05) is 0 Å². The van der Waals surface area contributed by atoms with Gasteiger partial charge < -0.3 is 10.8 Å². The van der Waals surface area contributed by atoms with E-state index in [2.05, 4.69) is 5.10 Å². The molecule has 1 aromatic heterocycles. The van der Waals surface area contributed by atoms with E-state index in [-0.39, 0.29) is 16.9 Å². The Hall–Kier alpha value is -2.70. The van der Waals surface area contributed by atoms with E-state index in [0.717, 1.165) is 16.9 Å². The van der Waals surface area contributed by atoms with Crippen LogP contribution in [0.5, 0.6) is 0 Å². The zero-order valence-corrected chi connectivity index (χ0v) is 9.00. The van der Waals surface area contributed by atoms with Crippen LogP contribution in [0.15, 0.2) is 30.5 Å². The summed E-state index contributed by atoms with van der Waals surface area (Å²) in [5, 5.41) is 12.6. The number of nitrogens with zero attached hydrogens (tertiary/aromatic N) is 2. The molecule has 6 nitrogen and oxygen atoms in total. The first-order valence-corrected chi connectivity index (χ1v) is 4.87. The van der Waals surface area contributed by atoms with Crippen LogP contribution in [0.3, 0.4) is 0 Å². The number of carbonyl (C=O) groups is 2. The summed E-state index contributed by atoms with van der Waals surface area (Å²) in [5.74, 6) is -2.81. The van der Waals surface area contributed by atoms with Gasteiger partial charge in [-0.05, 0) is 18.2 Å². The standard InChI is InChI=1S/C11H8FN3O3/c12-6-2-1-3-7(4-6)15-9(10(13)16)8(5-14-15)11(17)18/h1-5H,(H2,13,16)(H,17,18). The van der Waals surface area contributed by atoms with Crippen molar-refractivity contribution in [1.82, 2.24) is 9.78 Å². The van der Waals surface area contributed by atoms with Crippen molar-refractivity contribution in [3.8, 4) is 5.69 Å². The number of nitrogens with two attached hydrogens (primary N) is 1. The molecular weight excluding hydrogens is 241 g/mol. The predicted octanol–water partition coefficient (Wildman–Crippen LogP) is 0.808. The summed E-state index contributed by atoms with van der Waals surface area (Å²) in [4.78, 5) is 22.2. The summed E-state index contributed by atoms with van der Waals surface area (Å²) in [7, 11) is 0. The average molecular weight is 249 g/mol. The molecule has 0 bridgehead atoms. The summed E-state index contributed by atoms with van der Waals surface area (Å²) in [6, 6.07) is 5.23. The smallest absolute Gasteiger partial charge is 0.339 e. The number of carboxylic acids is 1. The quantitative estimate of drug-likeness (QED) is 0.840. The third-order valence-electron chi connectivity index (χ3n) is 2.29. The van der Waals surface area contributed by atoms with Crippen LogP contribution in [-0.2, 0) is 0 Å². The van der Waals surface area contributed by atoms with E-state index in [1.54, 1.807) is 0 Å². The summed E-state index contributed by atoms with van der Waals surface area (Å²) in [5.41, 5.74) is 4.71. The Balaban J connectivity index is 2.65. The van der Waals surface area contributed by atoms with Gasteiger partial charge >= 0.3 is 5.97 Å². The summed E-state index contributed by atoms with van der Waals surface area (Å²) in [6.45, 7) is 0. The topological polar surface area (TPSA) is 98.2 Å². The number of aromatic carboxylic acids is 1. The molecule has 3 N–H and O–H groups in total. The Morgan fingerprint density at radius 2 is 2.11 bits per heavy atom. The fraction of sp³-hybridized carbons (Fsp3) is 0. The van der Waals surface area contributed by atoms with Gasteiger partial charge in [-0.25, -0.2) is 13.9 Å². The maximum Gasteiger partial charge on any atom is 0.339 e. The van der Waals surface area contributed by atoms with Crippen LogP contribution in [0.1, 0.15) is 20.8 Å². The lowest BCUT2D eigenvalue weighted by Crippen LogP contribution is -2.20. The number of primary amides is 1. The molecule has 0 aliphatic heterocycles. The second-order valence-electron chi connectivity index (χ2n) is 3.47. The highest BCUT2D eigenvalue weighted by Gasteiger charge is 2.21. The summed E-state index contributed by atoms with van der Waals surface area (Å²) < 4.78 is 14.1. The third kappa shape index (κ3) is 1.93. The first-order valence-electron chi connectivity index (χ1n) is 4.87. The number of halogens is 1. The fourth-order valence-corrected chi connectivity index (χ4v) is 1.55. The van der Waals surface area contributed by atoms with Crippen molar-refractivity contribution in [2.24, 2.45) is 5.73 Å². The maximum atomic E-state index is 13.1. The molecule has 0 fully saturated rings. The number of rotatable bonds is 3. The van der Waals surface area contributed by atoms with Crippen LogP contribution in [0.2, 0.25) is 0 Å². The van der Waals surface area contributed by atoms with E-state index in [9.17, 15) is 14.0 Å². The second-order valence-corrected chi connectivity index (χ2v) is 3.47. The molecule has 0 spiro atoms. The maximum absolute atomic E-state index is 13.1. The molecule has 0 aliphatic rings. The molecule has 0 aliphatic carbocycles. The van der Waals surface area contributed by atoms with Gasteiger partial charge in [-0.1, -0.05) is 6.07 Å². The van der Waals surface area contributed by atoms with E-state index in [1.807, 2.05) is 0 Å². The minimum Gasteiger partial charge on any atom is -0.478 e. The van der Waals surface area contributed by atoms with Gasteiger partial charge in [0.2, 0.25) is 0 Å². The predicted molar refractivity (Wildman–Crippen MR) is 59.0 cm³/mol. The minimum atomic E-state index is -1.33. The van der Waals surface area contributed by atoms with E-state index >= 15 is 0 Å². The van der Waals surface area contributed by atoms with E-state index in [4.69, 9.17) is 10.8 Å². The summed E-state index contributed by atoms with van der Waals surface area (Å²) >= 11 is 0. The SMILES string of the molecule is NC(=O)c1c(C(=O)O)cnn1-c1cccc(F)c1. The number of hydrogen-bond acceptors (Lipinski definition) is 3. The monoisotopic (exact) mass is 249 g/mol. The number of carbonyl (C=O) groups excluding carboxylic acids is 1. The highest BCUT2D eigenvalue weighted by Crippen LogP contribution is 2.15. The van der Waals surface area contributed by atoms with Crippen LogP contribution in [0.4, 0.5) is 4.39 Å². The van der Waals surface area contributed by atoms with Crippen LogP contribution in [0.25, 0.3) is 5.69 Å². The molecule has 2 aromatic rings. The van der Waals surface area contributed by atoms with E-state index in [1.165, 1.54) is 18.2 Å². The molecule has 18 heavy (non-hydrogen) atoms. The van der Waals surface area contributed by atoms with Crippen LogP contribution in [0, 0.1) is 5.82 Å². The zero-order valence-electron chi connectivity index (χ0n) is 9.00. The average Bonchev–Trinajstić information content (AvgIpc) is 2.73. The van der Waals surface area contributed by atoms with Gasteiger partial charge in [-0.2, -0.15) is 5.10 Å². The largest absolute Gasteiger partial charge is 0.478 e. The normalized spacial score (nSPS) is 10.3. The Morgan fingerprint density at radius 1 is 1.39 bits per heavy atom. The Bertz CT molecular complexity index is 636. The van der Waals surface area contributed by atoms with Crippen molar-refractivity contribution in [2.75, 3.05) is 0 Å². The molecule has 92 valence electrons. The Kier molecular flexibility index (Phi) is 2.80. The van der Waals surface area contributed by atoms with Crippen LogP contribution >= 0.6 is 0 Å². The molecule has 1 heterocycles. The lowest BCUT2D eigenvalue weighted by Gasteiger charge is -2.05. The molecule has 2 rings (SSSR count). The van der Waals surface area contributed by atoms with E-state index < -0.39 is 17.7 Å². The molecule has 1 amide bonds. The molecule has 0 unspecified atom stereocenters. The van der Waals surface area contributed by atoms with Gasteiger partial charge in [0.15, 0.2) is 0 Å². The van der Waals surface area contributed by atoms with Crippen molar-refractivity contribution in [2.45, 2.75) is 0 Å². The third-order valence-corrected chi connectivity index (χ3v) is 2.29. The molecule has 0 radical (unpaired) electrons. The number of benzene rings is 1. The molecule has 1 aromatic carbocycles. The van der Waals surface area contributed by atoms with Crippen molar-refractivity contribution >= 4 is 11.9 Å². The lowest BCUT2D eigenvalue weighted by molar-refractivity contribution is 0.0692. The van der Waals surface area contributed by atoms with Gasteiger partial charge in [0.05, 0.1) is 11.9 Å². The van der Waals surface area contributed by atoms with Crippen molar-refractivity contribution in [1.29, 1.82) is 0 Å². The minimum absolute atomic E-state index is 0.219. The highest BCUT2D eigenvalue weighted by atomic mass is 19.1. The summed E-state index contributed by atoms with van der Waals surface area (Å²) in [6.07, 6.45) is 0.993. The van der Waals surface area contributed by atoms with Crippen molar-refractivity contribution in [3.05, 3.63) is 47.5 Å². The first-order chi connectivity index (χ1) is 8.50. The highest BCUT2D eigenvalue weighted by molar-refractivity contribution is 6.03. The van der Waals surface area contributed by atoms with Crippen molar-refractivity contribution in [3.63, 3.8) is 0 Å². The first kappa shape index (κ1) is 11.8. The molecule has 0 saturated carbocycles. The second kappa shape index (κ2) is 4.28. The fourth-order valence-electron chi connectivity index (χ4n) is 1.55. The van der Waals surface area contributed by atoms with Gasteiger partial charge in [-0.15, -0.1) is 0 Å². The van der Waals surface area contributed by atoms with E-state index in [0.29, 0.717) is 0 Å². The molecule has 0 saturated heterocycles. The van der Waals surface area contributed by atoms with Gasteiger partial charge in [0.25, 0.3) is 5.91 Å². The van der Waals surface area contributed by atoms with Gasteiger partial charge in [0.1, 0.15) is 17.1 Å². The Labute approximate surface area is 100 Å². The lowest BCUT2D eigenvalue weighted by atomic mass is 10.2. The van der Waals surface area contributed by atoms with Crippen LogP contribution < -0.4 is 5.73 Å². The van der Waals surface area contributed by atoms with Crippen molar-refractivity contribution < 1.29 is 19.1 Å². The number of aromatic nitrogens is 2. The molecule has 0 atom stereocenters. The van der Waals surface area contributed by atoms with Gasteiger partial charge in [-0.3, -0.25) is 4.79 Å². The number of carboxylic acid groups (broad SMARTS) is 1. The molecular formula is C11H8FN3O3. The molecule has 7 heteroatoms. The van der Waals surface area contributed by atoms with Crippen LogP contribution in [-0.4, -0.2) is 26.8 Å².